The summed E-state index contributed by atoms with van der Waals surface area (Å²) in [5, 5.41) is 0. The van der Waals surface area contributed by atoms with E-state index in [0.717, 1.165) is 18.6 Å². The third-order valence-electron chi connectivity index (χ3n) is 3.42. The van der Waals surface area contributed by atoms with Crippen LogP contribution >= 0.6 is 0 Å². The monoisotopic (exact) mass is 219 g/mol. The smallest absolute Gasteiger partial charge is 0.121 e. The predicted molar refractivity (Wildman–Crippen MR) is 66.8 cm³/mol. The van der Waals surface area contributed by atoms with Crippen molar-refractivity contribution in [1.29, 1.82) is 0 Å². The molecule has 2 rings (SSSR count). The van der Waals surface area contributed by atoms with E-state index in [4.69, 9.17) is 10.5 Å². The van der Waals surface area contributed by atoms with E-state index >= 15 is 0 Å². The Morgan fingerprint density at radius 2 is 1.69 bits per heavy atom. The van der Waals surface area contributed by atoms with Crippen LogP contribution in [0.4, 0.5) is 0 Å². The molecular weight excluding hydrogens is 198 g/mol. The first-order valence-electron chi connectivity index (χ1n) is 6.11. The summed E-state index contributed by atoms with van der Waals surface area (Å²) in [6.07, 6.45) is 4.66. The van der Waals surface area contributed by atoms with E-state index in [1.165, 1.54) is 24.0 Å². The molecule has 0 saturated heterocycles. The van der Waals surface area contributed by atoms with Crippen molar-refractivity contribution in [2.45, 2.75) is 45.1 Å². The highest BCUT2D eigenvalue weighted by molar-refractivity contribution is 5.33. The van der Waals surface area contributed by atoms with Crippen molar-refractivity contribution >= 4 is 0 Å². The molecule has 2 nitrogen and oxygen atoms in total. The van der Waals surface area contributed by atoms with Crippen LogP contribution in [0, 0.1) is 13.8 Å². The van der Waals surface area contributed by atoms with Crippen molar-refractivity contribution in [1.82, 2.24) is 0 Å². The number of aryl methyl sites for hydroxylation is 2. The molecule has 1 saturated carbocycles. The lowest BCUT2D eigenvalue weighted by atomic mass is 10.0. The van der Waals surface area contributed by atoms with Gasteiger partial charge >= 0.3 is 0 Å². The minimum atomic E-state index is -0.0970. The molecule has 0 heterocycles. The Morgan fingerprint density at radius 1 is 1.12 bits per heavy atom. The van der Waals surface area contributed by atoms with Gasteiger partial charge in [-0.2, -0.15) is 0 Å². The SMILES string of the molecule is Cc1cc(C)cc(OC2(CN)CCCC2)c1. The molecule has 0 atom stereocenters. The zero-order chi connectivity index (χ0) is 11.6. The number of ether oxygens (including phenoxy) is 1. The van der Waals surface area contributed by atoms with Crippen molar-refractivity contribution in [2.75, 3.05) is 6.54 Å². The fraction of sp³-hybridized carbons (Fsp3) is 0.571. The minimum absolute atomic E-state index is 0.0970. The molecule has 0 radical (unpaired) electrons. The van der Waals surface area contributed by atoms with Crippen LogP contribution in [0.2, 0.25) is 0 Å². The Bertz CT molecular complexity index is 347. The fourth-order valence-corrected chi connectivity index (χ4v) is 2.61. The largest absolute Gasteiger partial charge is 0.486 e. The molecule has 16 heavy (non-hydrogen) atoms. The summed E-state index contributed by atoms with van der Waals surface area (Å²) < 4.78 is 6.15. The summed E-state index contributed by atoms with van der Waals surface area (Å²) in [6, 6.07) is 6.36. The highest BCUT2D eigenvalue weighted by Gasteiger charge is 2.34. The number of hydrogen-bond donors (Lipinski definition) is 1. The van der Waals surface area contributed by atoms with Crippen molar-refractivity contribution in [3.8, 4) is 5.75 Å². The summed E-state index contributed by atoms with van der Waals surface area (Å²) in [4.78, 5) is 0. The van der Waals surface area contributed by atoms with Gasteiger partial charge in [-0.15, -0.1) is 0 Å². The zero-order valence-electron chi connectivity index (χ0n) is 10.3. The van der Waals surface area contributed by atoms with E-state index in [1.54, 1.807) is 0 Å². The number of benzene rings is 1. The van der Waals surface area contributed by atoms with Crippen molar-refractivity contribution in [3.63, 3.8) is 0 Å². The predicted octanol–water partition coefficient (Wildman–Crippen LogP) is 2.95. The lowest BCUT2D eigenvalue weighted by Gasteiger charge is -2.29. The van der Waals surface area contributed by atoms with Crippen LogP contribution in [0.15, 0.2) is 18.2 Å². The molecule has 2 heteroatoms. The third kappa shape index (κ3) is 2.38. The maximum atomic E-state index is 6.15. The summed E-state index contributed by atoms with van der Waals surface area (Å²) in [5.74, 6) is 0.977. The first kappa shape index (κ1) is 11.5. The van der Waals surface area contributed by atoms with Gasteiger partial charge in [-0.05, 0) is 62.8 Å². The van der Waals surface area contributed by atoms with E-state index in [9.17, 15) is 0 Å². The summed E-state index contributed by atoms with van der Waals surface area (Å²) in [6.45, 7) is 4.83. The average molecular weight is 219 g/mol. The van der Waals surface area contributed by atoms with Gasteiger partial charge in [-0.3, -0.25) is 0 Å². The Balaban J connectivity index is 2.18. The van der Waals surface area contributed by atoms with E-state index < -0.39 is 0 Å². The van der Waals surface area contributed by atoms with Crippen LogP contribution in [0.5, 0.6) is 5.75 Å². The zero-order valence-corrected chi connectivity index (χ0v) is 10.3. The maximum absolute atomic E-state index is 6.15. The molecule has 1 aliphatic rings. The van der Waals surface area contributed by atoms with Gasteiger partial charge in [0.15, 0.2) is 0 Å². The van der Waals surface area contributed by atoms with Crippen LogP contribution in [-0.4, -0.2) is 12.1 Å². The summed E-state index contributed by atoms with van der Waals surface area (Å²) >= 11 is 0. The molecule has 1 fully saturated rings. The second kappa shape index (κ2) is 4.46. The van der Waals surface area contributed by atoms with Gasteiger partial charge in [0.1, 0.15) is 11.4 Å². The van der Waals surface area contributed by atoms with Gasteiger partial charge in [0, 0.05) is 6.54 Å². The highest BCUT2D eigenvalue weighted by atomic mass is 16.5. The molecule has 88 valence electrons. The molecule has 1 aliphatic carbocycles. The summed E-state index contributed by atoms with van der Waals surface area (Å²) in [5.41, 5.74) is 8.27. The molecule has 0 unspecified atom stereocenters. The normalized spacial score (nSPS) is 18.7. The molecule has 0 spiro atoms. The van der Waals surface area contributed by atoms with Gasteiger partial charge in [-0.25, -0.2) is 0 Å². The molecular formula is C14H21NO. The second-order valence-corrected chi connectivity index (χ2v) is 5.02. The van der Waals surface area contributed by atoms with Crippen molar-refractivity contribution in [2.24, 2.45) is 5.73 Å². The maximum Gasteiger partial charge on any atom is 0.121 e. The van der Waals surface area contributed by atoms with Gasteiger partial charge in [-0.1, -0.05) is 6.07 Å². The van der Waals surface area contributed by atoms with E-state index in [-0.39, 0.29) is 5.60 Å². The first-order chi connectivity index (χ1) is 7.63. The van der Waals surface area contributed by atoms with Gasteiger partial charge in [0.2, 0.25) is 0 Å². The molecule has 2 N–H and O–H groups in total. The Labute approximate surface area is 97.8 Å². The quantitative estimate of drug-likeness (QED) is 0.848. The third-order valence-corrected chi connectivity index (χ3v) is 3.42. The molecule has 0 bridgehead atoms. The Hall–Kier alpha value is -1.02. The van der Waals surface area contributed by atoms with Crippen LogP contribution in [0.25, 0.3) is 0 Å². The first-order valence-corrected chi connectivity index (χ1v) is 6.11. The van der Waals surface area contributed by atoms with Gasteiger partial charge in [0.05, 0.1) is 0 Å². The number of nitrogens with two attached hydrogens (primary N) is 1. The molecule has 0 aromatic heterocycles. The van der Waals surface area contributed by atoms with Crippen LogP contribution < -0.4 is 10.5 Å². The molecule has 0 amide bonds. The van der Waals surface area contributed by atoms with Crippen LogP contribution in [0.3, 0.4) is 0 Å². The molecule has 1 aromatic rings. The fourth-order valence-electron chi connectivity index (χ4n) is 2.61. The van der Waals surface area contributed by atoms with Crippen LogP contribution in [0.1, 0.15) is 36.8 Å². The number of hydrogen-bond acceptors (Lipinski definition) is 2. The Morgan fingerprint density at radius 3 is 2.19 bits per heavy atom. The highest BCUT2D eigenvalue weighted by Crippen LogP contribution is 2.34. The minimum Gasteiger partial charge on any atom is -0.486 e. The van der Waals surface area contributed by atoms with Crippen molar-refractivity contribution in [3.05, 3.63) is 29.3 Å². The lowest BCUT2D eigenvalue weighted by molar-refractivity contribution is 0.0852. The molecule has 1 aromatic carbocycles. The average Bonchev–Trinajstić information content (AvgIpc) is 2.65. The Kier molecular flexibility index (Phi) is 3.20. The number of rotatable bonds is 3. The van der Waals surface area contributed by atoms with E-state index in [1.807, 2.05) is 0 Å². The standard InChI is InChI=1S/C14H21NO/c1-11-7-12(2)9-13(8-11)16-14(10-15)5-3-4-6-14/h7-9H,3-6,10,15H2,1-2H3. The lowest BCUT2D eigenvalue weighted by Crippen LogP contribution is -2.40. The van der Waals surface area contributed by atoms with E-state index in [0.29, 0.717) is 6.54 Å². The van der Waals surface area contributed by atoms with Gasteiger partial charge in [0.25, 0.3) is 0 Å². The van der Waals surface area contributed by atoms with E-state index in [2.05, 4.69) is 32.0 Å². The second-order valence-electron chi connectivity index (χ2n) is 5.02. The van der Waals surface area contributed by atoms with Crippen molar-refractivity contribution < 1.29 is 4.74 Å². The molecule has 0 aliphatic heterocycles. The van der Waals surface area contributed by atoms with Gasteiger partial charge < -0.3 is 10.5 Å². The topological polar surface area (TPSA) is 35.2 Å². The van der Waals surface area contributed by atoms with Crippen LogP contribution in [-0.2, 0) is 0 Å². The summed E-state index contributed by atoms with van der Waals surface area (Å²) in [7, 11) is 0.